The molecule has 0 aliphatic rings. The van der Waals surface area contributed by atoms with Crippen molar-refractivity contribution < 1.29 is 29.0 Å². The number of fused-ring (bicyclic) bond motifs is 2. The molecular weight excluding hydrogens is 488 g/mol. The summed E-state index contributed by atoms with van der Waals surface area (Å²) in [7, 11) is 0. The molecule has 38 heavy (non-hydrogen) atoms. The lowest BCUT2D eigenvalue weighted by Crippen LogP contribution is -2.52. The number of amides is 1. The summed E-state index contributed by atoms with van der Waals surface area (Å²) in [4.78, 5) is 39.8. The molecule has 2 heterocycles. The van der Waals surface area contributed by atoms with Crippen LogP contribution in [0.1, 0.15) is 12.5 Å². The highest BCUT2D eigenvalue weighted by atomic mass is 16.5. The molecule has 3 aromatic carbocycles. The average molecular weight is 512 g/mol. The second-order valence-electron chi connectivity index (χ2n) is 8.89. The van der Waals surface area contributed by atoms with Gasteiger partial charge in [0.15, 0.2) is 6.10 Å². The smallest absolute Gasteiger partial charge is 0.336 e. The first-order chi connectivity index (χ1) is 18.3. The van der Waals surface area contributed by atoms with E-state index >= 15 is 0 Å². The lowest BCUT2D eigenvalue weighted by molar-refractivity contribution is -0.308. The molecule has 0 aliphatic carbocycles. The van der Waals surface area contributed by atoms with Crippen LogP contribution in [0.15, 0.2) is 88.2 Å². The van der Waals surface area contributed by atoms with Crippen molar-refractivity contribution in [3.63, 3.8) is 0 Å². The molecule has 2 aromatic heterocycles. The first kappa shape index (κ1) is 24.6. The number of ether oxygens (including phenoxy) is 1. The van der Waals surface area contributed by atoms with E-state index in [2.05, 4.69) is 10.3 Å². The first-order valence-electron chi connectivity index (χ1n) is 11.9. The Balaban J connectivity index is 1.32. The molecule has 0 spiro atoms. The minimum absolute atomic E-state index is 0.0384. The summed E-state index contributed by atoms with van der Waals surface area (Å²) in [5.74, 6) is -1.82. The molecule has 3 N–H and O–H groups in total. The molecule has 5 aromatic rings. The topological polar surface area (TPSA) is 145 Å². The third-order valence-electron chi connectivity index (χ3n) is 6.26. The van der Waals surface area contributed by atoms with Gasteiger partial charge in [0, 0.05) is 41.0 Å². The van der Waals surface area contributed by atoms with Crippen LogP contribution in [0.5, 0.6) is 11.5 Å². The zero-order valence-corrected chi connectivity index (χ0v) is 20.3. The fourth-order valence-corrected chi connectivity index (χ4v) is 4.37. The van der Waals surface area contributed by atoms with Crippen LogP contribution in [0.3, 0.4) is 0 Å². The van der Waals surface area contributed by atoms with Gasteiger partial charge in [-0.05, 0) is 53.9 Å². The van der Waals surface area contributed by atoms with E-state index in [1.165, 1.54) is 31.2 Å². The van der Waals surface area contributed by atoms with Gasteiger partial charge < -0.3 is 34.5 Å². The lowest BCUT2D eigenvalue weighted by atomic mass is 10.0. The maximum Gasteiger partial charge on any atom is 0.336 e. The van der Waals surface area contributed by atoms with Crippen LogP contribution in [0, 0.1) is 0 Å². The third kappa shape index (κ3) is 5.08. The predicted molar refractivity (Wildman–Crippen MR) is 139 cm³/mol. The standard InChI is InChI=1S/C29H24N2O7/c1-16(28(34)31-25(29(35)36)11-18-15-30-24-10-7-19(32)12-23(18)24)37-20-8-9-21-22(17-5-3-2-4-6-17)14-27(33)38-26(21)13-20/h2-10,12-16,25,30,32H,11H2,1H3,(H,31,34)(H,35,36)/p-1/t16-,25-/m1/s1. The van der Waals surface area contributed by atoms with E-state index in [-0.39, 0.29) is 23.5 Å². The Kier molecular flexibility index (Phi) is 6.57. The number of carbonyl (C=O) groups is 2. The van der Waals surface area contributed by atoms with Crippen LogP contribution >= 0.6 is 0 Å². The fourth-order valence-electron chi connectivity index (χ4n) is 4.37. The molecule has 9 nitrogen and oxygen atoms in total. The highest BCUT2D eigenvalue weighted by Crippen LogP contribution is 2.30. The number of rotatable bonds is 8. The number of nitrogens with one attached hydrogen (secondary N) is 2. The molecule has 0 radical (unpaired) electrons. The number of phenolic OH excluding ortho intramolecular Hbond substituents is 1. The maximum atomic E-state index is 12.8. The van der Waals surface area contributed by atoms with Crippen molar-refractivity contribution in [1.82, 2.24) is 10.3 Å². The number of benzene rings is 3. The predicted octanol–water partition coefficient (Wildman–Crippen LogP) is 2.89. The van der Waals surface area contributed by atoms with Crippen molar-refractivity contribution in [2.75, 3.05) is 0 Å². The number of H-pyrrole nitrogens is 1. The summed E-state index contributed by atoms with van der Waals surface area (Å²) in [5.41, 5.74) is 2.63. The number of carbonyl (C=O) groups excluding carboxylic acids is 2. The number of hydrogen-bond acceptors (Lipinski definition) is 7. The van der Waals surface area contributed by atoms with Gasteiger partial charge in [-0.1, -0.05) is 30.3 Å². The number of hydrogen-bond donors (Lipinski definition) is 3. The molecule has 0 saturated heterocycles. The first-order valence-corrected chi connectivity index (χ1v) is 11.9. The van der Waals surface area contributed by atoms with Gasteiger partial charge in [0.05, 0.1) is 12.0 Å². The summed E-state index contributed by atoms with van der Waals surface area (Å²) in [6.07, 6.45) is 0.497. The molecule has 9 heteroatoms. The Morgan fingerprint density at radius 1 is 1.05 bits per heavy atom. The molecule has 192 valence electrons. The van der Waals surface area contributed by atoms with E-state index in [0.717, 1.165) is 11.1 Å². The van der Waals surface area contributed by atoms with Crippen LogP contribution in [-0.4, -0.2) is 34.1 Å². The largest absolute Gasteiger partial charge is 0.548 e. The normalized spacial score (nSPS) is 12.8. The van der Waals surface area contributed by atoms with Gasteiger partial charge in [0.2, 0.25) is 0 Å². The van der Waals surface area contributed by atoms with Crippen molar-refractivity contribution in [1.29, 1.82) is 0 Å². The molecule has 0 saturated carbocycles. The summed E-state index contributed by atoms with van der Waals surface area (Å²) in [5, 5.41) is 25.4. The van der Waals surface area contributed by atoms with Crippen molar-refractivity contribution in [3.05, 3.63) is 95.0 Å². The molecule has 1 amide bonds. The Morgan fingerprint density at radius 3 is 2.61 bits per heavy atom. The SMILES string of the molecule is C[C@@H](Oc1ccc2c(-c3ccccc3)cc(=O)oc2c1)C(=O)N[C@H](Cc1c[nH]c2ccc(O)cc12)C(=O)[O-]. The summed E-state index contributed by atoms with van der Waals surface area (Å²) in [6, 6.07) is 19.1. The number of aromatic amines is 1. The molecule has 5 rings (SSSR count). The second-order valence-corrected chi connectivity index (χ2v) is 8.89. The molecule has 0 bridgehead atoms. The molecular formula is C29H23N2O7-. The fraction of sp³-hybridized carbons (Fsp3) is 0.138. The number of aromatic hydroxyl groups is 1. The molecule has 0 aliphatic heterocycles. The van der Waals surface area contributed by atoms with Crippen molar-refractivity contribution in [3.8, 4) is 22.6 Å². The molecule has 2 atom stereocenters. The second kappa shape index (κ2) is 10.1. The van der Waals surface area contributed by atoms with Gasteiger partial charge in [-0.15, -0.1) is 0 Å². The minimum Gasteiger partial charge on any atom is -0.548 e. The Hall–Kier alpha value is -5.05. The van der Waals surface area contributed by atoms with Crippen LogP contribution in [0.2, 0.25) is 0 Å². The number of aromatic nitrogens is 1. The third-order valence-corrected chi connectivity index (χ3v) is 6.26. The Labute approximate surface area is 216 Å². The monoisotopic (exact) mass is 511 g/mol. The van der Waals surface area contributed by atoms with Crippen molar-refractivity contribution in [2.45, 2.75) is 25.5 Å². The summed E-state index contributed by atoms with van der Waals surface area (Å²) < 4.78 is 11.1. The van der Waals surface area contributed by atoms with Crippen LogP contribution in [-0.2, 0) is 16.0 Å². The highest BCUT2D eigenvalue weighted by Gasteiger charge is 2.22. The quantitative estimate of drug-likeness (QED) is 0.272. The number of aliphatic carboxylic acids is 1. The highest BCUT2D eigenvalue weighted by molar-refractivity contribution is 5.94. The van der Waals surface area contributed by atoms with Crippen LogP contribution < -0.4 is 20.8 Å². The zero-order chi connectivity index (χ0) is 26.8. The van der Waals surface area contributed by atoms with Gasteiger partial charge in [-0.25, -0.2) is 4.79 Å². The van der Waals surface area contributed by atoms with E-state index in [1.54, 1.807) is 24.4 Å². The van der Waals surface area contributed by atoms with E-state index < -0.39 is 29.6 Å². The average Bonchev–Trinajstić information content (AvgIpc) is 3.29. The van der Waals surface area contributed by atoms with E-state index in [0.29, 0.717) is 21.9 Å². The maximum absolute atomic E-state index is 12.8. The van der Waals surface area contributed by atoms with Crippen LogP contribution in [0.4, 0.5) is 0 Å². The number of carboxylic acid groups (broad SMARTS) is 1. The van der Waals surface area contributed by atoms with E-state index in [4.69, 9.17) is 9.15 Å². The summed E-state index contributed by atoms with van der Waals surface area (Å²) >= 11 is 0. The van der Waals surface area contributed by atoms with Crippen molar-refractivity contribution >= 4 is 33.7 Å². The lowest BCUT2D eigenvalue weighted by Gasteiger charge is -2.22. The van der Waals surface area contributed by atoms with Gasteiger partial charge in [-0.2, -0.15) is 0 Å². The summed E-state index contributed by atoms with van der Waals surface area (Å²) in [6.45, 7) is 1.48. The van der Waals surface area contributed by atoms with E-state index in [1.807, 2.05) is 30.3 Å². The van der Waals surface area contributed by atoms with Gasteiger partial charge >= 0.3 is 5.63 Å². The van der Waals surface area contributed by atoms with Crippen molar-refractivity contribution in [2.24, 2.45) is 0 Å². The molecule has 0 unspecified atom stereocenters. The zero-order valence-electron chi connectivity index (χ0n) is 20.3. The van der Waals surface area contributed by atoms with Gasteiger partial charge in [-0.3, -0.25) is 4.79 Å². The Morgan fingerprint density at radius 2 is 1.84 bits per heavy atom. The van der Waals surface area contributed by atoms with Gasteiger partial charge in [0.25, 0.3) is 5.91 Å². The van der Waals surface area contributed by atoms with Gasteiger partial charge in [0.1, 0.15) is 17.1 Å². The molecule has 0 fully saturated rings. The van der Waals surface area contributed by atoms with E-state index in [9.17, 15) is 24.6 Å². The van der Waals surface area contributed by atoms with Crippen LogP contribution in [0.25, 0.3) is 33.0 Å². The Bertz CT molecular complexity index is 1710. The number of phenols is 1. The number of carboxylic acids is 1. The minimum atomic E-state index is -1.46.